The molecule has 0 aliphatic heterocycles. The highest BCUT2D eigenvalue weighted by atomic mass is 28.4. The van der Waals surface area contributed by atoms with Gasteiger partial charge in [-0.15, -0.1) is 10.2 Å². The Labute approximate surface area is 145 Å². The zero-order valence-electron chi connectivity index (χ0n) is 14.8. The quantitative estimate of drug-likeness (QED) is 0.603. The fourth-order valence-electron chi connectivity index (χ4n) is 2.74. The fraction of sp³-hybridized carbons (Fsp3) is 0.714. The summed E-state index contributed by atoms with van der Waals surface area (Å²) in [6, 6.07) is 2.28. The molecule has 8 nitrogen and oxygen atoms in total. The van der Waals surface area contributed by atoms with Crippen LogP contribution < -0.4 is 0 Å². The summed E-state index contributed by atoms with van der Waals surface area (Å²) in [6.07, 6.45) is 7.55. The van der Waals surface area contributed by atoms with Gasteiger partial charge >= 0.3 is 0 Å². The maximum atomic E-state index is 9.00. The number of hydrogen-bond acceptors (Lipinski definition) is 6. The van der Waals surface area contributed by atoms with Crippen LogP contribution in [0.15, 0.2) is 18.6 Å². The molecule has 0 aromatic carbocycles. The maximum absolute atomic E-state index is 9.00. The number of hydrogen-bond donors (Lipinski definition) is 1. The first kappa shape index (κ1) is 19.0. The molecule has 0 bridgehead atoms. The molecular weight excluding hydrogens is 340 g/mol. The van der Waals surface area contributed by atoms with Crippen LogP contribution in [-0.4, -0.2) is 52.5 Å². The zero-order valence-corrected chi connectivity index (χ0v) is 17.0. The first-order chi connectivity index (χ1) is 11.5. The SMILES string of the molecule is C[SiH](CCCn1ccnn1)O[Si](C)(C)CCCn1cc(CO)nn1. The van der Waals surface area contributed by atoms with E-state index in [0.717, 1.165) is 32.0 Å². The summed E-state index contributed by atoms with van der Waals surface area (Å²) in [5.74, 6) is 0. The second kappa shape index (κ2) is 9.20. The summed E-state index contributed by atoms with van der Waals surface area (Å²) in [7, 11) is -2.76. The Morgan fingerprint density at radius 1 is 1.21 bits per heavy atom. The van der Waals surface area contributed by atoms with Gasteiger partial charge in [-0.3, -0.25) is 9.36 Å². The van der Waals surface area contributed by atoms with Gasteiger partial charge in [-0.1, -0.05) is 10.4 Å². The topological polar surface area (TPSA) is 90.9 Å². The summed E-state index contributed by atoms with van der Waals surface area (Å²) in [6.45, 7) is 8.59. The smallest absolute Gasteiger partial charge is 0.173 e. The van der Waals surface area contributed by atoms with Gasteiger partial charge < -0.3 is 9.22 Å². The molecule has 134 valence electrons. The molecule has 0 amide bonds. The largest absolute Gasteiger partial charge is 0.458 e. The number of nitrogens with zero attached hydrogens (tertiary/aromatic N) is 6. The molecule has 1 unspecified atom stereocenters. The van der Waals surface area contributed by atoms with Crippen molar-refractivity contribution in [2.24, 2.45) is 0 Å². The van der Waals surface area contributed by atoms with Crippen molar-refractivity contribution in [1.82, 2.24) is 30.0 Å². The van der Waals surface area contributed by atoms with E-state index in [4.69, 9.17) is 9.22 Å². The van der Waals surface area contributed by atoms with Crippen LogP contribution in [0, 0.1) is 0 Å². The molecule has 0 saturated heterocycles. The van der Waals surface area contributed by atoms with E-state index in [1.54, 1.807) is 17.1 Å². The normalized spacial score (nSPS) is 13.3. The molecule has 2 aromatic heterocycles. The minimum atomic E-state index is -1.62. The van der Waals surface area contributed by atoms with Gasteiger partial charge in [0.25, 0.3) is 0 Å². The number of aliphatic hydroxyl groups is 1. The second-order valence-corrected chi connectivity index (χ2v) is 13.9. The Bertz CT molecular complexity index is 590. The molecule has 0 aliphatic rings. The van der Waals surface area contributed by atoms with Crippen molar-refractivity contribution in [2.75, 3.05) is 0 Å². The van der Waals surface area contributed by atoms with Gasteiger partial charge in [-0.25, -0.2) is 0 Å². The highest BCUT2D eigenvalue weighted by Crippen LogP contribution is 2.17. The van der Waals surface area contributed by atoms with Gasteiger partial charge in [0.15, 0.2) is 17.4 Å². The van der Waals surface area contributed by atoms with Gasteiger partial charge in [0, 0.05) is 19.3 Å². The molecule has 1 N–H and O–H groups in total. The summed E-state index contributed by atoms with van der Waals surface area (Å²) >= 11 is 0. The first-order valence-electron chi connectivity index (χ1n) is 8.50. The molecule has 0 spiro atoms. The summed E-state index contributed by atoms with van der Waals surface area (Å²) in [5, 5.41) is 24.7. The van der Waals surface area contributed by atoms with Crippen LogP contribution in [0.2, 0.25) is 31.7 Å². The Morgan fingerprint density at radius 3 is 2.67 bits per heavy atom. The highest BCUT2D eigenvalue weighted by Gasteiger charge is 2.24. The lowest BCUT2D eigenvalue weighted by Crippen LogP contribution is -2.36. The molecule has 2 rings (SSSR count). The Balaban J connectivity index is 1.63. The number of rotatable bonds is 11. The van der Waals surface area contributed by atoms with E-state index in [-0.39, 0.29) is 6.61 Å². The fourth-order valence-corrected chi connectivity index (χ4v) is 9.81. The van der Waals surface area contributed by atoms with Gasteiger partial charge in [-0.05, 0) is 44.6 Å². The maximum Gasteiger partial charge on any atom is 0.173 e. The zero-order chi connectivity index (χ0) is 17.4. The molecule has 1 atom stereocenters. The van der Waals surface area contributed by atoms with E-state index in [1.807, 2.05) is 10.9 Å². The number of aromatic nitrogens is 6. The third-order valence-electron chi connectivity index (χ3n) is 3.90. The standard InChI is InChI=1S/C14H28N6O2Si2/c1-23(10-4-7-19-9-6-15-17-19)22-24(2,3)11-5-8-20-12-14(13-21)16-18-20/h6,9,12,21,23H,4-5,7-8,10-11,13H2,1-3H3. The van der Waals surface area contributed by atoms with E-state index < -0.39 is 17.4 Å². The van der Waals surface area contributed by atoms with Crippen molar-refractivity contribution in [2.45, 2.75) is 64.3 Å². The average Bonchev–Trinajstić information content (AvgIpc) is 3.17. The van der Waals surface area contributed by atoms with Crippen molar-refractivity contribution in [3.05, 3.63) is 24.3 Å². The van der Waals surface area contributed by atoms with E-state index >= 15 is 0 Å². The summed E-state index contributed by atoms with van der Waals surface area (Å²) in [4.78, 5) is 0. The van der Waals surface area contributed by atoms with Crippen molar-refractivity contribution in [3.63, 3.8) is 0 Å². The molecule has 0 fully saturated rings. The van der Waals surface area contributed by atoms with E-state index in [9.17, 15) is 0 Å². The molecule has 0 radical (unpaired) electrons. The van der Waals surface area contributed by atoms with Crippen LogP contribution in [0.5, 0.6) is 0 Å². The third kappa shape index (κ3) is 6.63. The predicted molar refractivity (Wildman–Crippen MR) is 96.4 cm³/mol. The van der Waals surface area contributed by atoms with Crippen molar-refractivity contribution in [3.8, 4) is 0 Å². The van der Waals surface area contributed by atoms with Crippen LogP contribution in [-0.2, 0) is 23.8 Å². The molecule has 2 aromatic rings. The lowest BCUT2D eigenvalue weighted by Gasteiger charge is -2.27. The van der Waals surface area contributed by atoms with Crippen molar-refractivity contribution >= 4 is 17.4 Å². The highest BCUT2D eigenvalue weighted by molar-refractivity contribution is 6.78. The van der Waals surface area contributed by atoms with Gasteiger partial charge in [-0.2, -0.15) is 0 Å². The average molecular weight is 369 g/mol. The van der Waals surface area contributed by atoms with Gasteiger partial charge in [0.1, 0.15) is 5.69 Å². The number of aliphatic hydroxyl groups excluding tert-OH is 1. The van der Waals surface area contributed by atoms with Crippen LogP contribution in [0.25, 0.3) is 0 Å². The van der Waals surface area contributed by atoms with Crippen LogP contribution >= 0.6 is 0 Å². The van der Waals surface area contributed by atoms with Crippen LogP contribution in [0.1, 0.15) is 18.5 Å². The van der Waals surface area contributed by atoms with Gasteiger partial charge in [0.2, 0.25) is 0 Å². The lowest BCUT2D eigenvalue weighted by molar-refractivity contribution is 0.276. The summed E-state index contributed by atoms with van der Waals surface area (Å²) < 4.78 is 10.1. The Morgan fingerprint density at radius 2 is 2.00 bits per heavy atom. The van der Waals surface area contributed by atoms with Crippen LogP contribution in [0.4, 0.5) is 0 Å². The first-order valence-corrected chi connectivity index (χ1v) is 14.1. The molecule has 24 heavy (non-hydrogen) atoms. The minimum absolute atomic E-state index is 0.0545. The monoisotopic (exact) mass is 368 g/mol. The van der Waals surface area contributed by atoms with E-state index in [0.29, 0.717) is 5.69 Å². The molecule has 0 aliphatic carbocycles. The van der Waals surface area contributed by atoms with E-state index in [2.05, 4.69) is 40.3 Å². The Hall–Kier alpha value is -1.37. The van der Waals surface area contributed by atoms with Crippen molar-refractivity contribution < 1.29 is 9.22 Å². The van der Waals surface area contributed by atoms with E-state index in [1.165, 1.54) is 6.04 Å². The lowest BCUT2D eigenvalue weighted by atomic mass is 10.5. The second-order valence-electron chi connectivity index (χ2n) is 6.73. The van der Waals surface area contributed by atoms with Crippen molar-refractivity contribution in [1.29, 1.82) is 0 Å². The van der Waals surface area contributed by atoms with Gasteiger partial charge in [0.05, 0.1) is 19.0 Å². The molecular formula is C14H28N6O2Si2. The molecule has 2 heterocycles. The predicted octanol–water partition coefficient (Wildman–Crippen LogP) is 1.42. The third-order valence-corrected chi connectivity index (χ3v) is 10.8. The number of aryl methyl sites for hydroxylation is 2. The molecule has 0 saturated carbocycles. The summed E-state index contributed by atoms with van der Waals surface area (Å²) in [5.41, 5.74) is 0.621. The Kier molecular flexibility index (Phi) is 7.27. The molecule has 10 heteroatoms. The van der Waals surface area contributed by atoms with Crippen LogP contribution in [0.3, 0.4) is 0 Å². The minimum Gasteiger partial charge on any atom is -0.458 e.